The Morgan fingerprint density at radius 2 is 1.65 bits per heavy atom. The topological polar surface area (TPSA) is 78.4 Å². The molecular formula is C18H26N2O3. The first kappa shape index (κ1) is 17.5. The molecule has 1 aliphatic carbocycles. The van der Waals surface area contributed by atoms with Gasteiger partial charge in [-0.05, 0) is 31.2 Å². The standard InChI is InChI=1S/C18H26N2O3/c21-16(19-13-7-10-15-8-3-1-4-9-15)17(22)20-14-18(23)11-5-2-6-12-18/h1,3-4,8-9,23H,2,5-7,10-14H2,(H,19,21)(H,20,22). The number of amides is 2. The van der Waals surface area contributed by atoms with Crippen LogP contribution in [0.4, 0.5) is 0 Å². The minimum Gasteiger partial charge on any atom is -0.388 e. The number of hydrogen-bond donors (Lipinski definition) is 3. The highest BCUT2D eigenvalue weighted by Crippen LogP contribution is 2.27. The first-order valence-electron chi connectivity index (χ1n) is 8.41. The number of rotatable bonds is 6. The average Bonchev–Trinajstić information content (AvgIpc) is 2.58. The van der Waals surface area contributed by atoms with Crippen molar-refractivity contribution in [1.29, 1.82) is 0 Å². The second kappa shape index (κ2) is 8.67. The summed E-state index contributed by atoms with van der Waals surface area (Å²) in [6.45, 7) is 0.620. The molecule has 3 N–H and O–H groups in total. The van der Waals surface area contributed by atoms with Crippen molar-refractivity contribution < 1.29 is 14.7 Å². The molecule has 2 amide bonds. The molecule has 0 saturated heterocycles. The Bertz CT molecular complexity index is 510. The average molecular weight is 318 g/mol. The van der Waals surface area contributed by atoms with Crippen LogP contribution in [0.25, 0.3) is 0 Å². The lowest BCUT2D eigenvalue weighted by Gasteiger charge is -2.31. The highest BCUT2D eigenvalue weighted by atomic mass is 16.3. The van der Waals surface area contributed by atoms with Crippen molar-refractivity contribution in [1.82, 2.24) is 10.6 Å². The van der Waals surface area contributed by atoms with Crippen LogP contribution < -0.4 is 10.6 Å². The monoisotopic (exact) mass is 318 g/mol. The predicted molar refractivity (Wildman–Crippen MR) is 88.8 cm³/mol. The third-order valence-electron chi connectivity index (χ3n) is 4.34. The maximum absolute atomic E-state index is 11.8. The molecule has 0 unspecified atom stereocenters. The van der Waals surface area contributed by atoms with Crippen molar-refractivity contribution in [3.63, 3.8) is 0 Å². The zero-order chi connectivity index (χ0) is 16.5. The first-order valence-corrected chi connectivity index (χ1v) is 8.41. The van der Waals surface area contributed by atoms with Crippen LogP contribution in [0.3, 0.4) is 0 Å². The molecule has 126 valence electrons. The van der Waals surface area contributed by atoms with Gasteiger partial charge in [0, 0.05) is 13.1 Å². The Morgan fingerprint density at radius 3 is 2.35 bits per heavy atom. The molecule has 0 spiro atoms. The van der Waals surface area contributed by atoms with E-state index in [9.17, 15) is 14.7 Å². The van der Waals surface area contributed by atoms with Gasteiger partial charge >= 0.3 is 11.8 Å². The number of nitrogens with one attached hydrogen (secondary N) is 2. The van der Waals surface area contributed by atoms with Gasteiger partial charge in [-0.2, -0.15) is 0 Å². The second-order valence-corrected chi connectivity index (χ2v) is 6.31. The highest BCUT2D eigenvalue weighted by Gasteiger charge is 2.30. The Kier molecular flexibility index (Phi) is 6.59. The third-order valence-corrected chi connectivity index (χ3v) is 4.34. The van der Waals surface area contributed by atoms with Crippen molar-refractivity contribution in [3.05, 3.63) is 35.9 Å². The molecule has 5 nitrogen and oxygen atoms in total. The van der Waals surface area contributed by atoms with E-state index < -0.39 is 17.4 Å². The summed E-state index contributed by atoms with van der Waals surface area (Å²) in [7, 11) is 0. The van der Waals surface area contributed by atoms with E-state index in [4.69, 9.17) is 0 Å². The maximum Gasteiger partial charge on any atom is 0.309 e. The van der Waals surface area contributed by atoms with Crippen molar-refractivity contribution in [2.24, 2.45) is 0 Å². The fourth-order valence-electron chi connectivity index (χ4n) is 2.93. The summed E-state index contributed by atoms with van der Waals surface area (Å²) in [6.07, 6.45) is 6.08. The summed E-state index contributed by atoms with van der Waals surface area (Å²) in [4.78, 5) is 23.5. The van der Waals surface area contributed by atoms with Gasteiger partial charge in [-0.1, -0.05) is 49.6 Å². The molecule has 1 saturated carbocycles. The molecule has 0 aromatic heterocycles. The molecule has 0 radical (unpaired) electrons. The fourth-order valence-corrected chi connectivity index (χ4v) is 2.93. The van der Waals surface area contributed by atoms with E-state index in [1.54, 1.807) is 0 Å². The molecule has 1 fully saturated rings. The molecule has 0 bridgehead atoms. The first-order chi connectivity index (χ1) is 11.1. The van der Waals surface area contributed by atoms with E-state index in [2.05, 4.69) is 10.6 Å². The van der Waals surface area contributed by atoms with Gasteiger partial charge in [0.2, 0.25) is 0 Å². The summed E-state index contributed by atoms with van der Waals surface area (Å²) >= 11 is 0. The number of benzene rings is 1. The summed E-state index contributed by atoms with van der Waals surface area (Å²) in [5.41, 5.74) is 0.368. The van der Waals surface area contributed by atoms with E-state index in [1.807, 2.05) is 30.3 Å². The number of hydrogen-bond acceptors (Lipinski definition) is 3. The Balaban J connectivity index is 1.62. The Labute approximate surface area is 137 Å². The van der Waals surface area contributed by atoms with E-state index in [0.717, 1.165) is 32.1 Å². The van der Waals surface area contributed by atoms with Gasteiger partial charge in [-0.15, -0.1) is 0 Å². The Hall–Kier alpha value is -1.88. The van der Waals surface area contributed by atoms with Crippen LogP contribution in [-0.4, -0.2) is 35.6 Å². The van der Waals surface area contributed by atoms with Gasteiger partial charge in [-0.3, -0.25) is 9.59 Å². The van der Waals surface area contributed by atoms with E-state index in [-0.39, 0.29) is 6.54 Å². The van der Waals surface area contributed by atoms with E-state index >= 15 is 0 Å². The van der Waals surface area contributed by atoms with Crippen molar-refractivity contribution in [3.8, 4) is 0 Å². The van der Waals surface area contributed by atoms with Crippen LogP contribution in [0.2, 0.25) is 0 Å². The van der Waals surface area contributed by atoms with Crippen LogP contribution in [0.1, 0.15) is 44.1 Å². The lowest BCUT2D eigenvalue weighted by molar-refractivity contribution is -0.140. The fraction of sp³-hybridized carbons (Fsp3) is 0.556. The number of aryl methyl sites for hydroxylation is 1. The van der Waals surface area contributed by atoms with E-state index in [0.29, 0.717) is 19.4 Å². The molecule has 5 heteroatoms. The van der Waals surface area contributed by atoms with Crippen LogP contribution in [-0.2, 0) is 16.0 Å². The molecule has 23 heavy (non-hydrogen) atoms. The van der Waals surface area contributed by atoms with Gasteiger partial charge in [-0.25, -0.2) is 0 Å². The van der Waals surface area contributed by atoms with Gasteiger partial charge in [0.05, 0.1) is 5.60 Å². The molecule has 0 heterocycles. The SMILES string of the molecule is O=C(NCCCc1ccccc1)C(=O)NCC1(O)CCCCC1. The quantitative estimate of drug-likeness (QED) is 0.550. The van der Waals surface area contributed by atoms with Crippen molar-refractivity contribution >= 4 is 11.8 Å². The van der Waals surface area contributed by atoms with Gasteiger partial charge in [0.25, 0.3) is 0 Å². The smallest absolute Gasteiger partial charge is 0.309 e. The molecule has 1 aliphatic rings. The zero-order valence-corrected chi connectivity index (χ0v) is 13.5. The number of carbonyl (C=O) groups is 2. The Morgan fingerprint density at radius 1 is 1.00 bits per heavy atom. The third kappa shape index (κ3) is 6.02. The molecule has 1 aromatic rings. The lowest BCUT2D eigenvalue weighted by atomic mass is 9.85. The largest absolute Gasteiger partial charge is 0.388 e. The minimum absolute atomic E-state index is 0.156. The summed E-state index contributed by atoms with van der Waals surface area (Å²) in [6, 6.07) is 10.0. The molecule has 1 aromatic carbocycles. The zero-order valence-electron chi connectivity index (χ0n) is 13.5. The molecule has 0 atom stereocenters. The van der Waals surface area contributed by atoms with Gasteiger partial charge in [0.1, 0.15) is 0 Å². The maximum atomic E-state index is 11.8. The van der Waals surface area contributed by atoms with Crippen molar-refractivity contribution in [2.45, 2.75) is 50.5 Å². The second-order valence-electron chi connectivity index (χ2n) is 6.31. The van der Waals surface area contributed by atoms with Crippen LogP contribution >= 0.6 is 0 Å². The lowest BCUT2D eigenvalue weighted by Crippen LogP contribution is -2.48. The summed E-state index contributed by atoms with van der Waals surface area (Å²) in [5.74, 6) is -1.29. The van der Waals surface area contributed by atoms with Crippen LogP contribution in [0.15, 0.2) is 30.3 Å². The normalized spacial score (nSPS) is 16.6. The van der Waals surface area contributed by atoms with Gasteiger partial charge < -0.3 is 15.7 Å². The number of carbonyl (C=O) groups excluding carboxylic acids is 2. The van der Waals surface area contributed by atoms with E-state index in [1.165, 1.54) is 5.56 Å². The van der Waals surface area contributed by atoms with Gasteiger partial charge in [0.15, 0.2) is 0 Å². The van der Waals surface area contributed by atoms with Crippen LogP contribution in [0, 0.1) is 0 Å². The van der Waals surface area contributed by atoms with Crippen molar-refractivity contribution in [2.75, 3.05) is 13.1 Å². The summed E-state index contributed by atoms with van der Waals surface area (Å²) < 4.78 is 0. The minimum atomic E-state index is -0.846. The number of aliphatic hydroxyl groups is 1. The molecular weight excluding hydrogens is 292 g/mol. The molecule has 2 rings (SSSR count). The highest BCUT2D eigenvalue weighted by molar-refractivity contribution is 6.35. The van der Waals surface area contributed by atoms with Crippen LogP contribution in [0.5, 0.6) is 0 Å². The predicted octanol–water partition coefficient (Wildman–Crippen LogP) is 1.55. The molecule has 0 aliphatic heterocycles. The summed E-state index contributed by atoms with van der Waals surface area (Å²) in [5, 5.41) is 15.5.